The van der Waals surface area contributed by atoms with Crippen LogP contribution in [0.25, 0.3) is 10.9 Å². The van der Waals surface area contributed by atoms with Crippen molar-refractivity contribution in [3.05, 3.63) is 59.1 Å². The molecular weight excluding hydrogens is 308 g/mol. The summed E-state index contributed by atoms with van der Waals surface area (Å²) in [6, 6.07) is 8.03. The van der Waals surface area contributed by atoms with Crippen molar-refractivity contribution in [3.8, 4) is 0 Å². The Labute approximate surface area is 140 Å². The summed E-state index contributed by atoms with van der Waals surface area (Å²) in [5.41, 5.74) is 3.42. The van der Waals surface area contributed by atoms with Crippen LogP contribution in [-0.4, -0.2) is 28.0 Å². The lowest BCUT2D eigenvalue weighted by Crippen LogP contribution is -2.21. The number of pyridine rings is 1. The topological polar surface area (TPSA) is 41.9 Å². The molecule has 1 saturated heterocycles. The van der Waals surface area contributed by atoms with E-state index >= 15 is 0 Å². The Morgan fingerprint density at radius 2 is 2.09 bits per heavy atom. The third kappa shape index (κ3) is 2.75. The number of hydrogen-bond acceptors (Lipinski definition) is 4. The van der Waals surface area contributed by atoms with E-state index in [4.69, 9.17) is 11.6 Å². The van der Waals surface area contributed by atoms with E-state index in [0.29, 0.717) is 10.9 Å². The van der Waals surface area contributed by atoms with Crippen LogP contribution in [0.1, 0.15) is 23.5 Å². The van der Waals surface area contributed by atoms with Crippen molar-refractivity contribution in [1.82, 2.24) is 15.0 Å². The highest BCUT2D eigenvalue weighted by Gasteiger charge is 2.26. The molecule has 1 aliphatic heterocycles. The summed E-state index contributed by atoms with van der Waals surface area (Å²) < 4.78 is 0. The Balaban J connectivity index is 1.65. The van der Waals surface area contributed by atoms with Crippen LogP contribution in [0.4, 0.5) is 5.82 Å². The van der Waals surface area contributed by atoms with Gasteiger partial charge in [0.2, 0.25) is 0 Å². The molecule has 0 N–H and O–H groups in total. The van der Waals surface area contributed by atoms with Gasteiger partial charge >= 0.3 is 0 Å². The first-order valence-corrected chi connectivity index (χ1v) is 8.15. The Bertz CT molecular complexity index is 865. The van der Waals surface area contributed by atoms with Crippen LogP contribution in [0.2, 0.25) is 5.02 Å². The normalized spacial score (nSPS) is 17.8. The Morgan fingerprint density at radius 1 is 1.17 bits per heavy atom. The lowest BCUT2D eigenvalue weighted by atomic mass is 9.99. The third-order valence-electron chi connectivity index (χ3n) is 4.43. The van der Waals surface area contributed by atoms with Crippen molar-refractivity contribution in [2.75, 3.05) is 18.0 Å². The molecule has 2 aromatic heterocycles. The van der Waals surface area contributed by atoms with Gasteiger partial charge in [0.15, 0.2) is 0 Å². The summed E-state index contributed by atoms with van der Waals surface area (Å²) in [4.78, 5) is 15.5. The van der Waals surface area contributed by atoms with E-state index in [-0.39, 0.29) is 0 Å². The van der Waals surface area contributed by atoms with Crippen LogP contribution in [0.15, 0.2) is 43.0 Å². The molecule has 116 valence electrons. The van der Waals surface area contributed by atoms with Gasteiger partial charge in [0.1, 0.15) is 12.1 Å². The fourth-order valence-corrected chi connectivity index (χ4v) is 3.46. The third-order valence-corrected chi connectivity index (χ3v) is 4.67. The van der Waals surface area contributed by atoms with Crippen LogP contribution in [0.3, 0.4) is 0 Å². The molecule has 0 bridgehead atoms. The number of benzene rings is 1. The van der Waals surface area contributed by atoms with Crippen LogP contribution in [0.5, 0.6) is 0 Å². The lowest BCUT2D eigenvalue weighted by Gasteiger charge is -2.19. The van der Waals surface area contributed by atoms with Gasteiger partial charge in [-0.05, 0) is 42.7 Å². The largest absolute Gasteiger partial charge is 0.355 e. The molecule has 0 aliphatic carbocycles. The molecule has 0 spiro atoms. The van der Waals surface area contributed by atoms with Gasteiger partial charge in [-0.3, -0.25) is 4.98 Å². The SMILES string of the molecule is Cc1cncc(C2CCN(c3ncnc4cc(Cl)ccc34)C2)c1. The van der Waals surface area contributed by atoms with Crippen molar-refractivity contribution < 1.29 is 0 Å². The molecular formula is C18H17ClN4. The van der Waals surface area contributed by atoms with Crippen molar-refractivity contribution in [3.63, 3.8) is 0 Å². The maximum atomic E-state index is 6.07. The number of aromatic nitrogens is 3. The van der Waals surface area contributed by atoms with Crippen LogP contribution < -0.4 is 4.90 Å². The molecule has 1 atom stereocenters. The van der Waals surface area contributed by atoms with Gasteiger partial charge in [-0.15, -0.1) is 0 Å². The van der Waals surface area contributed by atoms with E-state index in [1.165, 1.54) is 11.1 Å². The molecule has 0 radical (unpaired) electrons. The van der Waals surface area contributed by atoms with E-state index in [2.05, 4.69) is 32.8 Å². The van der Waals surface area contributed by atoms with Crippen molar-refractivity contribution in [2.45, 2.75) is 19.3 Å². The second-order valence-corrected chi connectivity index (χ2v) is 6.52. The van der Waals surface area contributed by atoms with E-state index < -0.39 is 0 Å². The highest BCUT2D eigenvalue weighted by Crippen LogP contribution is 2.33. The fourth-order valence-electron chi connectivity index (χ4n) is 3.29. The summed E-state index contributed by atoms with van der Waals surface area (Å²) in [7, 11) is 0. The van der Waals surface area contributed by atoms with Gasteiger partial charge in [0, 0.05) is 41.8 Å². The summed E-state index contributed by atoms with van der Waals surface area (Å²) in [6.07, 6.45) is 6.62. The zero-order chi connectivity index (χ0) is 15.8. The first-order valence-electron chi connectivity index (χ1n) is 7.77. The van der Waals surface area contributed by atoms with Gasteiger partial charge in [-0.25, -0.2) is 9.97 Å². The molecule has 23 heavy (non-hydrogen) atoms. The number of hydrogen-bond donors (Lipinski definition) is 0. The van der Waals surface area contributed by atoms with Gasteiger partial charge < -0.3 is 4.90 Å². The number of rotatable bonds is 2. The predicted octanol–water partition coefficient (Wildman–Crippen LogP) is 3.98. The molecule has 1 aliphatic rings. The van der Waals surface area contributed by atoms with Crippen LogP contribution >= 0.6 is 11.6 Å². The molecule has 4 rings (SSSR count). The Morgan fingerprint density at radius 3 is 2.96 bits per heavy atom. The van der Waals surface area contributed by atoms with E-state index in [1.54, 1.807) is 6.33 Å². The van der Waals surface area contributed by atoms with Crippen LogP contribution in [-0.2, 0) is 0 Å². The molecule has 0 saturated carbocycles. The standard InChI is InChI=1S/C18H17ClN4/c1-12-6-14(9-20-8-12)13-4-5-23(10-13)18-16-3-2-15(19)7-17(16)21-11-22-18/h2-3,6-9,11,13H,4-5,10H2,1H3. The molecule has 3 heterocycles. The number of aryl methyl sites for hydroxylation is 1. The number of fused-ring (bicyclic) bond motifs is 1. The molecule has 5 heteroatoms. The van der Waals surface area contributed by atoms with E-state index in [0.717, 1.165) is 36.2 Å². The molecule has 4 nitrogen and oxygen atoms in total. The molecule has 3 aromatic rings. The zero-order valence-electron chi connectivity index (χ0n) is 12.9. The molecule has 1 unspecified atom stereocenters. The second-order valence-electron chi connectivity index (χ2n) is 6.09. The zero-order valence-corrected chi connectivity index (χ0v) is 13.7. The van der Waals surface area contributed by atoms with Gasteiger partial charge in [-0.2, -0.15) is 0 Å². The minimum absolute atomic E-state index is 0.500. The molecule has 1 aromatic carbocycles. The average molecular weight is 325 g/mol. The Kier molecular flexibility index (Phi) is 3.62. The lowest BCUT2D eigenvalue weighted by molar-refractivity contribution is 0.768. The first-order chi connectivity index (χ1) is 11.2. The minimum Gasteiger partial charge on any atom is -0.355 e. The highest BCUT2D eigenvalue weighted by molar-refractivity contribution is 6.31. The first kappa shape index (κ1) is 14.4. The maximum Gasteiger partial charge on any atom is 0.139 e. The van der Waals surface area contributed by atoms with E-state index in [9.17, 15) is 0 Å². The molecule has 0 amide bonds. The number of halogens is 1. The highest BCUT2D eigenvalue weighted by atomic mass is 35.5. The summed E-state index contributed by atoms with van der Waals surface area (Å²) in [5, 5.41) is 1.76. The maximum absolute atomic E-state index is 6.07. The quantitative estimate of drug-likeness (QED) is 0.715. The van der Waals surface area contributed by atoms with E-state index in [1.807, 2.05) is 30.6 Å². The van der Waals surface area contributed by atoms with Gasteiger partial charge in [0.05, 0.1) is 5.52 Å². The van der Waals surface area contributed by atoms with Crippen LogP contribution in [0, 0.1) is 6.92 Å². The summed E-state index contributed by atoms with van der Waals surface area (Å²) >= 11 is 6.07. The second kappa shape index (κ2) is 5.78. The summed E-state index contributed by atoms with van der Waals surface area (Å²) in [6.45, 7) is 4.04. The van der Waals surface area contributed by atoms with Crippen molar-refractivity contribution in [1.29, 1.82) is 0 Å². The average Bonchev–Trinajstić information content (AvgIpc) is 3.04. The van der Waals surface area contributed by atoms with Gasteiger partial charge in [-0.1, -0.05) is 17.7 Å². The molecule has 1 fully saturated rings. The number of anilines is 1. The monoisotopic (exact) mass is 324 g/mol. The van der Waals surface area contributed by atoms with Gasteiger partial charge in [0.25, 0.3) is 0 Å². The van der Waals surface area contributed by atoms with Crippen molar-refractivity contribution in [2.24, 2.45) is 0 Å². The predicted molar refractivity (Wildman–Crippen MR) is 93.1 cm³/mol. The Hall–Kier alpha value is -2.20. The van der Waals surface area contributed by atoms with Crippen molar-refractivity contribution >= 4 is 28.3 Å². The number of nitrogens with zero attached hydrogens (tertiary/aromatic N) is 4. The smallest absolute Gasteiger partial charge is 0.139 e. The minimum atomic E-state index is 0.500. The summed E-state index contributed by atoms with van der Waals surface area (Å²) in [5.74, 6) is 1.49. The fraction of sp³-hybridized carbons (Fsp3) is 0.278.